The van der Waals surface area contributed by atoms with Gasteiger partial charge in [0.2, 0.25) is 0 Å². The number of ether oxygens (including phenoxy) is 5. The first kappa shape index (κ1) is 17.0. The van der Waals surface area contributed by atoms with Gasteiger partial charge in [0.05, 0.1) is 13.2 Å². The summed E-state index contributed by atoms with van der Waals surface area (Å²) in [7, 11) is 0. The van der Waals surface area contributed by atoms with Gasteiger partial charge in [0.15, 0.2) is 23.0 Å². The largest absolute Gasteiger partial charge is 0.508 e. The number of hydrogen-bond acceptors (Lipinski definition) is 7. The SMILES string of the molecule is Oc1ccc2c(c1)OCCOCCOc1cc(O)ccc1OCCO2. The topological polar surface area (TPSA) is 86.6 Å². The van der Waals surface area contributed by atoms with Crippen LogP contribution in [0.3, 0.4) is 0 Å². The van der Waals surface area contributed by atoms with Crippen LogP contribution in [0.5, 0.6) is 34.5 Å². The molecule has 1 aliphatic rings. The van der Waals surface area contributed by atoms with Crippen LogP contribution in [0.15, 0.2) is 36.4 Å². The monoisotopic (exact) mass is 348 g/mol. The quantitative estimate of drug-likeness (QED) is 0.756. The van der Waals surface area contributed by atoms with E-state index in [-0.39, 0.29) is 24.7 Å². The van der Waals surface area contributed by atoms with E-state index >= 15 is 0 Å². The number of aromatic hydroxyl groups is 2. The molecule has 0 unspecified atom stereocenters. The first-order chi connectivity index (χ1) is 12.2. The van der Waals surface area contributed by atoms with Crippen LogP contribution in [0.25, 0.3) is 0 Å². The predicted molar refractivity (Wildman–Crippen MR) is 89.0 cm³/mol. The Morgan fingerprint density at radius 2 is 0.920 bits per heavy atom. The number of hydrogen-bond donors (Lipinski definition) is 2. The fourth-order valence-electron chi connectivity index (χ4n) is 2.28. The van der Waals surface area contributed by atoms with Gasteiger partial charge in [0, 0.05) is 12.1 Å². The summed E-state index contributed by atoms with van der Waals surface area (Å²) in [5, 5.41) is 19.2. The lowest BCUT2D eigenvalue weighted by Gasteiger charge is -2.14. The molecule has 25 heavy (non-hydrogen) atoms. The number of phenolic OH excluding ortho intramolecular Hbond substituents is 2. The van der Waals surface area contributed by atoms with Gasteiger partial charge in [-0.2, -0.15) is 0 Å². The van der Waals surface area contributed by atoms with Crippen LogP contribution in [-0.2, 0) is 4.74 Å². The summed E-state index contributed by atoms with van der Waals surface area (Å²) in [6.45, 7) is 1.90. The smallest absolute Gasteiger partial charge is 0.164 e. The van der Waals surface area contributed by atoms with Crippen molar-refractivity contribution in [1.29, 1.82) is 0 Å². The molecule has 2 aromatic rings. The zero-order valence-corrected chi connectivity index (χ0v) is 13.6. The minimum absolute atomic E-state index is 0.0968. The highest BCUT2D eigenvalue weighted by molar-refractivity contribution is 5.46. The summed E-state index contributed by atoms with van der Waals surface area (Å²) in [5.74, 6) is 2.11. The molecule has 7 nitrogen and oxygen atoms in total. The molecule has 0 bridgehead atoms. The van der Waals surface area contributed by atoms with E-state index in [1.165, 1.54) is 24.3 Å². The van der Waals surface area contributed by atoms with E-state index in [9.17, 15) is 10.2 Å². The van der Waals surface area contributed by atoms with Crippen molar-refractivity contribution in [2.24, 2.45) is 0 Å². The molecule has 0 saturated carbocycles. The van der Waals surface area contributed by atoms with Gasteiger partial charge in [0.25, 0.3) is 0 Å². The fourth-order valence-corrected chi connectivity index (χ4v) is 2.28. The molecule has 0 aliphatic carbocycles. The van der Waals surface area contributed by atoms with Crippen LogP contribution in [0, 0.1) is 0 Å². The van der Waals surface area contributed by atoms with Crippen LogP contribution in [0.4, 0.5) is 0 Å². The molecule has 1 aliphatic heterocycles. The van der Waals surface area contributed by atoms with Crippen molar-refractivity contribution in [2.75, 3.05) is 39.6 Å². The van der Waals surface area contributed by atoms with Gasteiger partial charge >= 0.3 is 0 Å². The maximum absolute atomic E-state index is 9.60. The molecule has 1 heterocycles. The highest BCUT2D eigenvalue weighted by Gasteiger charge is 2.10. The molecule has 0 fully saturated rings. The van der Waals surface area contributed by atoms with Crippen molar-refractivity contribution in [3.05, 3.63) is 36.4 Å². The van der Waals surface area contributed by atoms with Crippen molar-refractivity contribution >= 4 is 0 Å². The minimum Gasteiger partial charge on any atom is -0.508 e. The van der Waals surface area contributed by atoms with Crippen LogP contribution in [0.2, 0.25) is 0 Å². The maximum atomic E-state index is 9.60. The second-order valence-electron chi connectivity index (χ2n) is 5.27. The lowest BCUT2D eigenvalue weighted by atomic mass is 10.3. The lowest BCUT2D eigenvalue weighted by Crippen LogP contribution is -2.12. The summed E-state index contributed by atoms with van der Waals surface area (Å²) in [5.41, 5.74) is 0. The van der Waals surface area contributed by atoms with E-state index in [1.807, 2.05) is 0 Å². The van der Waals surface area contributed by atoms with Gasteiger partial charge in [0.1, 0.15) is 37.9 Å². The Kier molecular flexibility index (Phi) is 5.69. The van der Waals surface area contributed by atoms with E-state index in [0.29, 0.717) is 49.4 Å². The number of fused-ring (bicyclic) bond motifs is 2. The second kappa shape index (κ2) is 8.34. The molecule has 2 aromatic carbocycles. The molecule has 7 heteroatoms. The Morgan fingerprint density at radius 3 is 1.40 bits per heavy atom. The van der Waals surface area contributed by atoms with E-state index in [1.54, 1.807) is 12.1 Å². The second-order valence-corrected chi connectivity index (χ2v) is 5.27. The molecule has 3 rings (SSSR count). The van der Waals surface area contributed by atoms with Crippen LogP contribution >= 0.6 is 0 Å². The van der Waals surface area contributed by atoms with E-state index in [0.717, 1.165) is 0 Å². The molecule has 0 amide bonds. The molecule has 0 aromatic heterocycles. The molecule has 134 valence electrons. The van der Waals surface area contributed by atoms with Crippen molar-refractivity contribution < 1.29 is 33.9 Å². The van der Waals surface area contributed by atoms with Gasteiger partial charge < -0.3 is 33.9 Å². The lowest BCUT2D eigenvalue weighted by molar-refractivity contribution is 0.0753. The van der Waals surface area contributed by atoms with Gasteiger partial charge in [-0.1, -0.05) is 0 Å². The zero-order chi connectivity index (χ0) is 17.5. The molecule has 0 radical (unpaired) electrons. The third-order valence-electron chi connectivity index (χ3n) is 3.42. The Hall–Kier alpha value is -2.80. The first-order valence-electron chi connectivity index (χ1n) is 7.97. The summed E-state index contributed by atoms with van der Waals surface area (Å²) in [6, 6.07) is 9.32. The third kappa shape index (κ3) is 4.84. The highest BCUT2D eigenvalue weighted by Crippen LogP contribution is 2.32. The average Bonchev–Trinajstić information content (AvgIpc) is 2.60. The van der Waals surface area contributed by atoms with Crippen molar-refractivity contribution in [1.82, 2.24) is 0 Å². The Morgan fingerprint density at radius 1 is 0.520 bits per heavy atom. The zero-order valence-electron chi connectivity index (χ0n) is 13.6. The third-order valence-corrected chi connectivity index (χ3v) is 3.42. The molecular weight excluding hydrogens is 328 g/mol. The number of phenols is 2. The molecule has 0 saturated heterocycles. The summed E-state index contributed by atoms with van der Waals surface area (Å²) in [4.78, 5) is 0. The molecule has 0 atom stereocenters. The van der Waals surface area contributed by atoms with Crippen molar-refractivity contribution in [2.45, 2.75) is 0 Å². The first-order valence-corrected chi connectivity index (χ1v) is 7.97. The molecule has 2 N–H and O–H groups in total. The van der Waals surface area contributed by atoms with Gasteiger partial charge in [-0.15, -0.1) is 0 Å². The summed E-state index contributed by atoms with van der Waals surface area (Å²) >= 11 is 0. The normalized spacial score (nSPS) is 15.7. The Bertz CT molecular complexity index is 642. The Labute approximate surface area is 145 Å². The van der Waals surface area contributed by atoms with Gasteiger partial charge in [-0.05, 0) is 24.3 Å². The predicted octanol–water partition coefficient (Wildman–Crippen LogP) is 2.34. The number of rotatable bonds is 0. The van der Waals surface area contributed by atoms with E-state index in [4.69, 9.17) is 23.7 Å². The Balaban J connectivity index is 1.72. The van der Waals surface area contributed by atoms with Crippen LogP contribution in [-0.4, -0.2) is 49.9 Å². The highest BCUT2D eigenvalue weighted by atomic mass is 16.6. The van der Waals surface area contributed by atoms with Crippen LogP contribution in [0.1, 0.15) is 0 Å². The summed E-state index contributed by atoms with van der Waals surface area (Å²) < 4.78 is 28.0. The molecular formula is C18H20O7. The average molecular weight is 348 g/mol. The van der Waals surface area contributed by atoms with Crippen molar-refractivity contribution in [3.8, 4) is 34.5 Å². The summed E-state index contributed by atoms with van der Waals surface area (Å²) in [6.07, 6.45) is 0. The van der Waals surface area contributed by atoms with Crippen LogP contribution < -0.4 is 18.9 Å². The van der Waals surface area contributed by atoms with Crippen molar-refractivity contribution in [3.63, 3.8) is 0 Å². The number of benzene rings is 2. The van der Waals surface area contributed by atoms with E-state index in [2.05, 4.69) is 0 Å². The molecule has 0 spiro atoms. The van der Waals surface area contributed by atoms with Gasteiger partial charge in [-0.25, -0.2) is 0 Å². The standard InChI is InChI=1S/C18H20O7/c19-13-1-3-15-17(11-13)24-7-5-21-6-8-25-18-12-14(20)2-4-16(18)23-10-9-22-15/h1-4,11-12,19-20H,5-10H2. The fraction of sp³-hybridized carbons (Fsp3) is 0.333. The minimum atomic E-state index is 0.0968. The maximum Gasteiger partial charge on any atom is 0.164 e. The van der Waals surface area contributed by atoms with E-state index < -0.39 is 0 Å². The van der Waals surface area contributed by atoms with Gasteiger partial charge in [-0.3, -0.25) is 0 Å².